The normalized spacial score (nSPS) is 22.5. The molecule has 4 aromatic carbocycles. The number of nitrogens with one attached hydrogen (secondary N) is 4. The highest BCUT2D eigenvalue weighted by Gasteiger charge is 2.63. The van der Waals surface area contributed by atoms with Crippen LogP contribution in [0.25, 0.3) is 88.1 Å². The third-order valence-electron chi connectivity index (χ3n) is 28.0. The first-order valence-corrected chi connectivity index (χ1v) is 44.5. The van der Waals surface area contributed by atoms with Crippen LogP contribution in [0.4, 0.5) is 46.5 Å². The molecule has 128 heavy (non-hydrogen) atoms. The third-order valence-corrected chi connectivity index (χ3v) is 28.0. The van der Waals surface area contributed by atoms with Crippen molar-refractivity contribution < 1.29 is 38.1 Å². The molecule has 12 heterocycles. The average Bonchev–Trinajstić information content (AvgIpc) is 1.59. The predicted molar refractivity (Wildman–Crippen MR) is 505 cm³/mol. The topological polar surface area (TPSA) is 373 Å². The molecule has 4 saturated heterocycles. The molecule has 12 N–H and O–H groups in total. The first-order chi connectivity index (χ1) is 61.9. The van der Waals surface area contributed by atoms with E-state index in [1.807, 2.05) is 121 Å². The van der Waals surface area contributed by atoms with E-state index in [-0.39, 0.29) is 69.0 Å². The molecule has 8 aliphatic rings. The second kappa shape index (κ2) is 37.3. The summed E-state index contributed by atoms with van der Waals surface area (Å²) >= 11 is 0. The van der Waals surface area contributed by atoms with Gasteiger partial charge in [0.1, 0.15) is 46.5 Å². The zero-order chi connectivity index (χ0) is 89.2. The molecular weight excluding hydrogens is 1610 g/mol. The zero-order valence-electron chi connectivity index (χ0n) is 74.4. The molecule has 4 spiro atoms. The molecule has 4 amide bonds. The number of carbonyl (C=O) groups is 4. The second-order valence-electron chi connectivity index (χ2n) is 36.5. The van der Waals surface area contributed by atoms with Crippen molar-refractivity contribution in [3.8, 4) is 45.0 Å². The molecule has 28 heteroatoms. The average molecular weight is 1730 g/mol. The molecule has 8 aromatic heterocycles. The number of rotatable bonds is 24. The molecule has 0 unspecified atom stereocenters. The van der Waals surface area contributed by atoms with Crippen LogP contribution in [-0.2, 0) is 38.1 Å². The summed E-state index contributed by atoms with van der Waals surface area (Å²) < 4.78 is 20.8. The van der Waals surface area contributed by atoms with Crippen LogP contribution in [0, 0.1) is 73.0 Å². The number of aromatic nitrogens is 8. The number of pyridine rings is 8. The lowest BCUT2D eigenvalue weighted by atomic mass is 10.0. The summed E-state index contributed by atoms with van der Waals surface area (Å²) in [7, 11) is 6.90. The van der Waals surface area contributed by atoms with Crippen molar-refractivity contribution in [3.63, 3.8) is 0 Å². The molecule has 12 aromatic rings. The molecule has 4 aliphatic heterocycles. The Morgan fingerprint density at radius 3 is 0.750 bits per heavy atom. The Morgan fingerprint density at radius 1 is 0.336 bits per heavy atom. The molecule has 4 aliphatic carbocycles. The summed E-state index contributed by atoms with van der Waals surface area (Å²) in [6, 6.07) is 48.0. The largest absolute Gasteiger partial charge is 0.383 e. The van der Waals surface area contributed by atoms with E-state index in [0.29, 0.717) is 46.5 Å². The van der Waals surface area contributed by atoms with Gasteiger partial charge in [-0.15, -0.1) is 0 Å². The lowest BCUT2D eigenvalue weighted by Crippen LogP contribution is -2.26. The first-order valence-electron chi connectivity index (χ1n) is 44.5. The summed E-state index contributed by atoms with van der Waals surface area (Å²) in [5.41, 5.74) is 37.4. The smallest absolute Gasteiger partial charge is 0.229 e. The van der Waals surface area contributed by atoms with E-state index in [1.54, 1.807) is 53.2 Å². The highest BCUT2D eigenvalue weighted by Crippen LogP contribution is 2.62. The van der Waals surface area contributed by atoms with Gasteiger partial charge in [0.25, 0.3) is 0 Å². The summed E-state index contributed by atoms with van der Waals surface area (Å²) in [6.07, 6.45) is 14.9. The molecule has 28 nitrogen and oxygen atoms in total. The molecular formula is C100H116N20O8. The Bertz CT molecular complexity index is 5460. The van der Waals surface area contributed by atoms with Crippen LogP contribution in [0.5, 0.6) is 0 Å². The number of carbonyl (C=O) groups excluding carboxylic acids is 4. The molecule has 8 atom stereocenters. The van der Waals surface area contributed by atoms with E-state index in [9.17, 15) is 19.2 Å². The minimum atomic E-state index is 0.0533. The SMILES string of the molecule is COCCN1CC[C@@]2(C[C@@H]2C(=O)Nc2cc3cc(-c4ccccc4C)nc(N)c3cn2)C1.COCCN1CC[C@@]2(C[C@H]2C(=O)Nc2cc3cc(-c4ccccc4C)nc(N)c3cn2)C1.COCCN1CC[C@]2(C[C@@H]2C(=O)Nc2cc3cc(-c4ccccc4C)nc(N)c3cn2)C1.COCCN1CC[C@]2(C[C@H]2C(=O)Nc2cc3cc(-c4ccccc4C)nc(N)c3cn2)C1. The number of anilines is 8. The number of amides is 4. The van der Waals surface area contributed by atoms with E-state index in [1.165, 1.54) is 0 Å². The molecule has 0 bridgehead atoms. The van der Waals surface area contributed by atoms with Gasteiger partial charge in [0.15, 0.2) is 0 Å². The van der Waals surface area contributed by atoms with E-state index in [0.717, 1.165) is 267 Å². The third kappa shape index (κ3) is 19.1. The minimum absolute atomic E-state index is 0.0533. The summed E-state index contributed by atoms with van der Waals surface area (Å²) in [5, 5.41) is 19.0. The summed E-state index contributed by atoms with van der Waals surface area (Å²) in [4.78, 5) is 97.4. The van der Waals surface area contributed by atoms with Crippen LogP contribution in [0.1, 0.15) is 73.6 Å². The fourth-order valence-corrected chi connectivity index (χ4v) is 20.1. The van der Waals surface area contributed by atoms with Crippen LogP contribution >= 0.6 is 0 Å². The van der Waals surface area contributed by atoms with E-state index in [4.69, 9.17) is 41.9 Å². The van der Waals surface area contributed by atoms with Gasteiger partial charge in [-0.25, -0.2) is 39.9 Å². The van der Waals surface area contributed by atoms with Crippen molar-refractivity contribution >= 4 is 113 Å². The standard InChI is InChI=1S/4C25H29N5O2/c4*1-16-5-3-4-6-18(16)21-11-17-12-22(27-14-19(17)23(26)28-21)29-24(31)20-13-25(20)7-8-30(15-25)9-10-32-2/h4*3-6,11-12,14,20H,7-10,13,15H2,1-2H3,(H2,26,28)(H,27,29,31)/t2*20-,25+;2*20-,25-/m1010/s1. The van der Waals surface area contributed by atoms with Crippen molar-refractivity contribution in [2.24, 2.45) is 45.3 Å². The quantitative estimate of drug-likeness (QED) is 0.0278. The molecule has 4 saturated carbocycles. The number of nitrogen functional groups attached to an aromatic ring is 4. The first kappa shape index (κ1) is 87.9. The Balaban J connectivity index is 0.000000120. The summed E-state index contributed by atoms with van der Waals surface area (Å²) in [5.74, 6) is 4.44. The van der Waals surface area contributed by atoms with E-state index >= 15 is 0 Å². The van der Waals surface area contributed by atoms with Crippen molar-refractivity contribution in [2.45, 2.75) is 79.1 Å². The van der Waals surface area contributed by atoms with E-state index < -0.39 is 0 Å². The number of benzene rings is 4. The Labute approximate surface area is 746 Å². The van der Waals surface area contributed by atoms with E-state index in [2.05, 4.69) is 133 Å². The Morgan fingerprint density at radius 2 is 0.547 bits per heavy atom. The van der Waals surface area contributed by atoms with Gasteiger partial charge in [-0.05, 0) is 219 Å². The lowest BCUT2D eigenvalue weighted by Gasteiger charge is -2.15. The van der Waals surface area contributed by atoms with Crippen LogP contribution in [-0.4, -0.2) is 217 Å². The van der Waals surface area contributed by atoms with Gasteiger partial charge in [-0.2, -0.15) is 0 Å². The van der Waals surface area contributed by atoms with Crippen LogP contribution < -0.4 is 44.2 Å². The number of hydrogen-bond acceptors (Lipinski definition) is 24. The number of hydrogen-bond donors (Lipinski definition) is 8. The fourth-order valence-electron chi connectivity index (χ4n) is 20.1. The monoisotopic (exact) mass is 1720 g/mol. The maximum absolute atomic E-state index is 13.0. The number of ether oxygens (including phenoxy) is 4. The molecule has 20 rings (SSSR count). The number of methoxy groups -OCH3 is 4. The van der Waals surface area contributed by atoms with Gasteiger partial charge in [-0.1, -0.05) is 97.1 Å². The predicted octanol–water partition coefficient (Wildman–Crippen LogP) is 13.9. The molecule has 0 radical (unpaired) electrons. The van der Waals surface area contributed by atoms with Crippen LogP contribution in [0.2, 0.25) is 0 Å². The Hall–Kier alpha value is -12.1. The number of aryl methyl sites for hydroxylation is 4. The number of likely N-dealkylation sites (tertiary alicyclic amines) is 4. The fraction of sp³-hybridized carbons (Fsp3) is 0.400. The van der Waals surface area contributed by atoms with Gasteiger partial charge in [0.05, 0.1) is 49.2 Å². The number of nitrogens with two attached hydrogens (primary N) is 4. The minimum Gasteiger partial charge on any atom is -0.383 e. The highest BCUT2D eigenvalue weighted by atomic mass is 16.5. The Kier molecular flexibility index (Phi) is 25.6. The van der Waals surface area contributed by atoms with Gasteiger partial charge >= 0.3 is 0 Å². The molecule has 8 fully saturated rings. The lowest BCUT2D eigenvalue weighted by molar-refractivity contribution is -0.118. The van der Waals surface area contributed by atoms with Gasteiger partial charge in [-0.3, -0.25) is 19.2 Å². The van der Waals surface area contributed by atoms with Crippen molar-refractivity contribution in [1.82, 2.24) is 59.5 Å². The van der Waals surface area contributed by atoms with Crippen molar-refractivity contribution in [1.29, 1.82) is 0 Å². The second-order valence-corrected chi connectivity index (χ2v) is 36.5. The maximum atomic E-state index is 13.0. The van der Waals surface area contributed by atoms with Crippen LogP contribution in [0.15, 0.2) is 170 Å². The summed E-state index contributed by atoms with van der Waals surface area (Å²) in [6.45, 7) is 22.9. The maximum Gasteiger partial charge on any atom is 0.229 e. The van der Waals surface area contributed by atoms with Gasteiger partial charge in [0, 0.05) is 173 Å². The van der Waals surface area contributed by atoms with Gasteiger partial charge < -0.3 is 82.7 Å². The number of fused-ring (bicyclic) bond motifs is 4. The van der Waals surface area contributed by atoms with Crippen molar-refractivity contribution in [2.75, 3.05) is 178 Å². The molecule has 664 valence electrons. The zero-order valence-corrected chi connectivity index (χ0v) is 74.4. The van der Waals surface area contributed by atoms with Crippen molar-refractivity contribution in [3.05, 3.63) is 193 Å². The van der Waals surface area contributed by atoms with Crippen LogP contribution in [0.3, 0.4) is 0 Å². The number of nitrogens with zero attached hydrogens (tertiary/aromatic N) is 12. The highest BCUT2D eigenvalue weighted by molar-refractivity contribution is 6.03. The van der Waals surface area contributed by atoms with Gasteiger partial charge in [0.2, 0.25) is 23.6 Å².